The summed E-state index contributed by atoms with van der Waals surface area (Å²) in [6, 6.07) is 5.12. The lowest BCUT2D eigenvalue weighted by molar-refractivity contribution is -0.129. The molecule has 4 bridgehead atoms. The van der Waals surface area contributed by atoms with E-state index in [1.807, 2.05) is 19.9 Å². The van der Waals surface area contributed by atoms with Crippen molar-refractivity contribution < 1.29 is 13.2 Å². The van der Waals surface area contributed by atoms with Gasteiger partial charge < -0.3 is 5.32 Å². The van der Waals surface area contributed by atoms with Crippen molar-refractivity contribution in [2.24, 2.45) is 23.2 Å². The molecule has 2 N–H and O–H groups in total. The Balaban J connectivity index is 1.25. The molecule has 28 heavy (non-hydrogen) atoms. The Kier molecular flexibility index (Phi) is 5.29. The van der Waals surface area contributed by atoms with Gasteiger partial charge in [-0.1, -0.05) is 6.07 Å². The van der Waals surface area contributed by atoms with E-state index in [1.165, 1.54) is 38.5 Å². The van der Waals surface area contributed by atoms with E-state index < -0.39 is 10.0 Å². The van der Waals surface area contributed by atoms with Crippen LogP contribution in [0.3, 0.4) is 0 Å². The molecule has 5 rings (SSSR count). The average molecular weight is 405 g/mol. The van der Waals surface area contributed by atoms with Gasteiger partial charge in [0.15, 0.2) is 0 Å². The maximum absolute atomic E-state index is 12.5. The van der Waals surface area contributed by atoms with Gasteiger partial charge in [0, 0.05) is 19.5 Å². The molecule has 1 amide bonds. The first-order valence-corrected chi connectivity index (χ1v) is 12.1. The molecule has 0 saturated heterocycles. The molecule has 0 unspecified atom stereocenters. The van der Waals surface area contributed by atoms with E-state index in [2.05, 4.69) is 10.0 Å². The average Bonchev–Trinajstić information content (AvgIpc) is 2.59. The number of sulfonamides is 1. The molecule has 4 aliphatic rings. The van der Waals surface area contributed by atoms with Gasteiger partial charge in [0.2, 0.25) is 15.9 Å². The molecule has 0 atom stereocenters. The van der Waals surface area contributed by atoms with Crippen molar-refractivity contribution in [2.75, 3.05) is 13.1 Å². The summed E-state index contributed by atoms with van der Waals surface area (Å²) in [5.41, 5.74) is 2.24. The van der Waals surface area contributed by atoms with Gasteiger partial charge in [0.05, 0.1) is 4.90 Å². The first-order valence-electron chi connectivity index (χ1n) is 10.6. The van der Waals surface area contributed by atoms with Crippen molar-refractivity contribution in [1.82, 2.24) is 10.0 Å². The molecule has 1 aromatic rings. The minimum absolute atomic E-state index is 0.0762. The van der Waals surface area contributed by atoms with Crippen molar-refractivity contribution in [3.05, 3.63) is 29.3 Å². The van der Waals surface area contributed by atoms with Gasteiger partial charge >= 0.3 is 0 Å². The molecule has 0 aliphatic heterocycles. The topological polar surface area (TPSA) is 75.3 Å². The molecule has 0 spiro atoms. The molecular formula is C22H32N2O3S. The Labute approximate surface area is 168 Å². The summed E-state index contributed by atoms with van der Waals surface area (Å²) in [5.74, 6) is 2.59. The number of hydrogen-bond acceptors (Lipinski definition) is 3. The van der Waals surface area contributed by atoms with E-state index in [0.717, 1.165) is 28.9 Å². The molecule has 1 aromatic carbocycles. The van der Waals surface area contributed by atoms with Crippen LogP contribution in [-0.2, 0) is 14.8 Å². The second-order valence-electron chi connectivity index (χ2n) is 9.59. The summed E-state index contributed by atoms with van der Waals surface area (Å²) in [6.45, 7) is 4.40. The SMILES string of the molecule is Cc1ccc(S(=O)(=O)NCCNC(=O)CC23CC4CC(CC(C4)C2)C3)cc1C. The third-order valence-corrected chi connectivity index (χ3v) is 8.69. The van der Waals surface area contributed by atoms with Crippen LogP contribution in [0.5, 0.6) is 0 Å². The van der Waals surface area contributed by atoms with Crippen LogP contribution < -0.4 is 10.0 Å². The Morgan fingerprint density at radius 2 is 1.61 bits per heavy atom. The fraction of sp³-hybridized carbons (Fsp3) is 0.682. The highest BCUT2D eigenvalue weighted by Gasteiger charge is 2.51. The quantitative estimate of drug-likeness (QED) is 0.685. The van der Waals surface area contributed by atoms with Crippen LogP contribution in [0.4, 0.5) is 0 Å². The number of carbonyl (C=O) groups excluding carboxylic acids is 1. The predicted octanol–water partition coefficient (Wildman–Crippen LogP) is 3.30. The van der Waals surface area contributed by atoms with Crippen molar-refractivity contribution in [1.29, 1.82) is 0 Å². The van der Waals surface area contributed by atoms with Crippen LogP contribution in [0.1, 0.15) is 56.1 Å². The first kappa shape index (κ1) is 19.9. The van der Waals surface area contributed by atoms with Gasteiger partial charge in [-0.25, -0.2) is 13.1 Å². The minimum atomic E-state index is -3.54. The van der Waals surface area contributed by atoms with Crippen molar-refractivity contribution in [3.8, 4) is 0 Å². The third kappa shape index (κ3) is 4.13. The molecule has 4 aliphatic carbocycles. The van der Waals surface area contributed by atoms with Crippen LogP contribution in [0.2, 0.25) is 0 Å². The second-order valence-corrected chi connectivity index (χ2v) is 11.4. The summed E-state index contributed by atoms with van der Waals surface area (Å²) in [4.78, 5) is 12.8. The normalized spacial score (nSPS) is 31.1. The highest BCUT2D eigenvalue weighted by molar-refractivity contribution is 7.89. The van der Waals surface area contributed by atoms with Crippen LogP contribution >= 0.6 is 0 Å². The van der Waals surface area contributed by atoms with E-state index in [1.54, 1.807) is 12.1 Å². The minimum Gasteiger partial charge on any atom is -0.355 e. The Bertz CT molecular complexity index is 827. The number of benzene rings is 1. The summed E-state index contributed by atoms with van der Waals surface area (Å²) in [5, 5.41) is 2.94. The lowest BCUT2D eigenvalue weighted by Crippen LogP contribution is -2.48. The van der Waals surface area contributed by atoms with E-state index in [4.69, 9.17) is 0 Å². The largest absolute Gasteiger partial charge is 0.355 e. The summed E-state index contributed by atoms with van der Waals surface area (Å²) < 4.78 is 27.4. The smallest absolute Gasteiger partial charge is 0.240 e. The summed E-state index contributed by atoms with van der Waals surface area (Å²) in [7, 11) is -3.54. The maximum atomic E-state index is 12.5. The number of hydrogen-bond donors (Lipinski definition) is 2. The Hall–Kier alpha value is -1.40. The number of carbonyl (C=O) groups is 1. The Morgan fingerprint density at radius 3 is 2.18 bits per heavy atom. The van der Waals surface area contributed by atoms with Crippen LogP contribution in [0.25, 0.3) is 0 Å². The second kappa shape index (κ2) is 7.45. The number of nitrogens with one attached hydrogen (secondary N) is 2. The van der Waals surface area contributed by atoms with Crippen molar-refractivity contribution in [2.45, 2.75) is 63.7 Å². The first-order chi connectivity index (χ1) is 13.2. The monoisotopic (exact) mass is 404 g/mol. The van der Waals surface area contributed by atoms with Crippen molar-refractivity contribution in [3.63, 3.8) is 0 Å². The molecule has 0 aromatic heterocycles. The molecular weight excluding hydrogens is 372 g/mol. The zero-order chi connectivity index (χ0) is 19.9. The van der Waals surface area contributed by atoms with Gasteiger partial charge in [-0.2, -0.15) is 0 Å². The molecule has 6 heteroatoms. The lowest BCUT2D eigenvalue weighted by atomic mass is 9.49. The number of rotatable bonds is 7. The van der Waals surface area contributed by atoms with Gasteiger partial charge in [-0.05, 0) is 98.8 Å². The van der Waals surface area contributed by atoms with E-state index in [0.29, 0.717) is 13.0 Å². The van der Waals surface area contributed by atoms with E-state index in [9.17, 15) is 13.2 Å². The molecule has 154 valence electrons. The van der Waals surface area contributed by atoms with Crippen LogP contribution in [0, 0.1) is 37.0 Å². The van der Waals surface area contributed by atoms with Crippen molar-refractivity contribution >= 4 is 15.9 Å². The highest BCUT2D eigenvalue weighted by atomic mass is 32.2. The standard InChI is InChI=1S/C22H32N2O3S/c1-15-3-4-20(7-16(15)2)28(26,27)24-6-5-23-21(25)14-22-11-17-8-18(12-22)10-19(9-17)13-22/h3-4,7,17-19,24H,5-6,8-14H2,1-2H3,(H,23,25). The van der Waals surface area contributed by atoms with Gasteiger partial charge in [0.1, 0.15) is 0 Å². The highest BCUT2D eigenvalue weighted by Crippen LogP contribution is 2.61. The molecule has 4 fully saturated rings. The predicted molar refractivity (Wildman–Crippen MR) is 109 cm³/mol. The number of amides is 1. The molecule has 4 saturated carbocycles. The van der Waals surface area contributed by atoms with E-state index in [-0.39, 0.29) is 22.8 Å². The van der Waals surface area contributed by atoms with Crippen LogP contribution in [-0.4, -0.2) is 27.4 Å². The van der Waals surface area contributed by atoms with E-state index >= 15 is 0 Å². The fourth-order valence-corrected chi connectivity index (χ4v) is 7.38. The van der Waals surface area contributed by atoms with Gasteiger partial charge in [-0.3, -0.25) is 4.79 Å². The van der Waals surface area contributed by atoms with Crippen LogP contribution in [0.15, 0.2) is 23.1 Å². The maximum Gasteiger partial charge on any atom is 0.240 e. The fourth-order valence-electron chi connectivity index (χ4n) is 6.26. The third-order valence-electron chi connectivity index (χ3n) is 7.23. The lowest BCUT2D eigenvalue weighted by Gasteiger charge is -2.56. The Morgan fingerprint density at radius 1 is 1.00 bits per heavy atom. The zero-order valence-corrected chi connectivity index (χ0v) is 17.8. The van der Waals surface area contributed by atoms with Gasteiger partial charge in [0.25, 0.3) is 0 Å². The zero-order valence-electron chi connectivity index (χ0n) is 17.0. The summed E-state index contributed by atoms with van der Waals surface area (Å²) in [6.07, 6.45) is 8.38. The molecule has 0 heterocycles. The number of aryl methyl sites for hydroxylation is 2. The summed E-state index contributed by atoms with van der Waals surface area (Å²) >= 11 is 0. The van der Waals surface area contributed by atoms with Gasteiger partial charge in [-0.15, -0.1) is 0 Å². The molecule has 5 nitrogen and oxygen atoms in total. The molecule has 0 radical (unpaired) electrons.